The fourth-order valence-corrected chi connectivity index (χ4v) is 4.67. The number of ether oxygens (including phenoxy) is 2. The number of carbonyl (C=O) groups excluding carboxylic acids is 3. The fourth-order valence-electron chi connectivity index (χ4n) is 4.67. The molecular formula is C39H40N4O8. The molecule has 1 atom stereocenters. The molecule has 12 nitrogen and oxygen atoms in total. The van der Waals surface area contributed by atoms with Gasteiger partial charge in [-0.15, -0.1) is 0 Å². The number of carbonyl (C=O) groups is 4. The molecule has 0 aliphatic carbocycles. The van der Waals surface area contributed by atoms with Crippen LogP contribution in [0.2, 0.25) is 0 Å². The molecule has 6 aromatic rings. The summed E-state index contributed by atoms with van der Waals surface area (Å²) in [6.07, 6.45) is 3.05. The van der Waals surface area contributed by atoms with Crippen LogP contribution in [0.1, 0.15) is 65.8 Å². The van der Waals surface area contributed by atoms with Crippen LogP contribution in [0.4, 0.5) is 0 Å². The van der Waals surface area contributed by atoms with Crippen LogP contribution < -0.4 is 0 Å². The van der Waals surface area contributed by atoms with Crippen molar-refractivity contribution in [3.63, 3.8) is 0 Å². The molecule has 0 bridgehead atoms. The number of hydrogen-bond donors (Lipinski definition) is 2. The van der Waals surface area contributed by atoms with Gasteiger partial charge >= 0.3 is 17.9 Å². The maximum absolute atomic E-state index is 11.3. The Morgan fingerprint density at radius 1 is 0.745 bits per heavy atom. The van der Waals surface area contributed by atoms with Crippen LogP contribution in [-0.2, 0) is 14.3 Å². The van der Waals surface area contributed by atoms with Crippen molar-refractivity contribution >= 4 is 35.2 Å². The SMILES string of the molecule is C=C(C(=O)OC)C(O)c1cccc(C)n1.COC(=O)c1cc2cccc(C)n2c1.Cc1cccc(C=O)n1.Cc1cccc2cc(C(=O)O)cn12. The van der Waals surface area contributed by atoms with E-state index < -0.39 is 18.0 Å². The molecule has 264 valence electrons. The Balaban J connectivity index is 0.000000186. The van der Waals surface area contributed by atoms with Crippen LogP contribution in [-0.4, -0.2) is 67.4 Å². The third kappa shape index (κ3) is 10.8. The largest absolute Gasteiger partial charge is 0.478 e. The van der Waals surface area contributed by atoms with Gasteiger partial charge in [0.1, 0.15) is 11.8 Å². The topological polar surface area (TPSA) is 162 Å². The first-order valence-corrected chi connectivity index (χ1v) is 15.5. The van der Waals surface area contributed by atoms with E-state index in [1.54, 1.807) is 49.6 Å². The van der Waals surface area contributed by atoms with E-state index in [9.17, 15) is 24.3 Å². The number of hydrogen-bond acceptors (Lipinski definition) is 9. The molecule has 6 aromatic heterocycles. The quantitative estimate of drug-likeness (QED) is 0.115. The Morgan fingerprint density at radius 2 is 1.25 bits per heavy atom. The zero-order valence-corrected chi connectivity index (χ0v) is 29.2. The second-order valence-electron chi connectivity index (χ2n) is 11.1. The van der Waals surface area contributed by atoms with Crippen LogP contribution in [0.5, 0.6) is 0 Å². The van der Waals surface area contributed by atoms with Gasteiger partial charge in [0.25, 0.3) is 0 Å². The summed E-state index contributed by atoms with van der Waals surface area (Å²) in [5.74, 6) is -1.82. The van der Waals surface area contributed by atoms with Crippen molar-refractivity contribution in [3.05, 3.63) is 155 Å². The highest BCUT2D eigenvalue weighted by Gasteiger charge is 2.19. The Kier molecular flexibility index (Phi) is 14.1. The highest BCUT2D eigenvalue weighted by Crippen LogP contribution is 2.19. The lowest BCUT2D eigenvalue weighted by molar-refractivity contribution is -0.137. The summed E-state index contributed by atoms with van der Waals surface area (Å²) < 4.78 is 12.9. The molecule has 6 heterocycles. The standard InChI is InChI=1S/C11H13NO3.C11H11NO2.C10H9NO2.C7H7NO/c1-7-5-4-6-9(12-7)10(13)8(2)11(14)15-3;1-8-4-3-5-10-6-9(7-12(8)10)11(13)14-2;1-7-3-2-4-9-5-8(10(12)13)6-11(7)9;1-6-3-2-4-7(5-9)8-6/h4-6,10,13H,2H2,1,3H3;3-7H,1-2H3;2-6H,1H3,(H,12,13);2-5H,1H3. The number of aldehydes is 1. The molecule has 6 rings (SSSR count). The van der Waals surface area contributed by atoms with E-state index >= 15 is 0 Å². The summed E-state index contributed by atoms with van der Waals surface area (Å²) in [5, 5.41) is 18.5. The molecule has 0 spiro atoms. The van der Waals surface area contributed by atoms with E-state index in [-0.39, 0.29) is 11.5 Å². The number of aliphatic hydroxyl groups is 1. The first-order valence-electron chi connectivity index (χ1n) is 15.5. The number of aromatic nitrogens is 4. The van der Waals surface area contributed by atoms with Crippen LogP contribution in [0.15, 0.2) is 109 Å². The van der Waals surface area contributed by atoms with Crippen molar-refractivity contribution in [1.29, 1.82) is 0 Å². The minimum absolute atomic E-state index is 0.0180. The number of esters is 2. The van der Waals surface area contributed by atoms with Gasteiger partial charge in [-0.05, 0) is 88.4 Å². The molecule has 1 unspecified atom stereocenters. The van der Waals surface area contributed by atoms with Gasteiger partial charge < -0.3 is 28.5 Å². The highest BCUT2D eigenvalue weighted by atomic mass is 16.5. The minimum atomic E-state index is -1.11. The summed E-state index contributed by atoms with van der Waals surface area (Å²) in [7, 11) is 2.63. The van der Waals surface area contributed by atoms with Crippen LogP contribution >= 0.6 is 0 Å². The second kappa shape index (κ2) is 18.4. The predicted octanol–water partition coefficient (Wildman–Crippen LogP) is 6.34. The molecule has 0 amide bonds. The predicted molar refractivity (Wildman–Crippen MR) is 192 cm³/mol. The number of methoxy groups -OCH3 is 2. The lowest BCUT2D eigenvalue weighted by Crippen LogP contribution is -2.13. The molecule has 12 heteroatoms. The van der Waals surface area contributed by atoms with E-state index in [1.165, 1.54) is 14.2 Å². The molecule has 0 saturated carbocycles. The molecular weight excluding hydrogens is 652 g/mol. The molecule has 0 fully saturated rings. The summed E-state index contributed by atoms with van der Waals surface area (Å²) in [6, 6.07) is 25.7. The third-order valence-electron chi connectivity index (χ3n) is 7.33. The first kappa shape index (κ1) is 39.0. The number of pyridine rings is 4. The van der Waals surface area contributed by atoms with E-state index in [2.05, 4.69) is 26.0 Å². The van der Waals surface area contributed by atoms with Crippen molar-refractivity contribution in [2.45, 2.75) is 33.8 Å². The molecule has 0 aliphatic heterocycles. The maximum Gasteiger partial charge on any atom is 0.339 e. The van der Waals surface area contributed by atoms with Gasteiger partial charge in [-0.1, -0.05) is 30.8 Å². The Labute approximate surface area is 295 Å². The number of fused-ring (bicyclic) bond motifs is 2. The second-order valence-corrected chi connectivity index (χ2v) is 11.1. The van der Waals surface area contributed by atoms with Crippen LogP contribution in [0, 0.1) is 27.7 Å². The van der Waals surface area contributed by atoms with E-state index in [0.29, 0.717) is 22.5 Å². The van der Waals surface area contributed by atoms with Gasteiger partial charge in [0.15, 0.2) is 6.29 Å². The molecule has 0 radical (unpaired) electrons. The van der Waals surface area contributed by atoms with Gasteiger partial charge in [-0.3, -0.25) is 14.8 Å². The van der Waals surface area contributed by atoms with Gasteiger partial charge in [-0.25, -0.2) is 14.4 Å². The van der Waals surface area contributed by atoms with Crippen LogP contribution in [0.25, 0.3) is 11.0 Å². The highest BCUT2D eigenvalue weighted by molar-refractivity contribution is 5.91. The number of aromatic carboxylic acids is 1. The van der Waals surface area contributed by atoms with Crippen molar-refractivity contribution < 1.29 is 38.9 Å². The van der Waals surface area contributed by atoms with E-state index in [1.807, 2.05) is 84.2 Å². The van der Waals surface area contributed by atoms with Gasteiger partial charge in [-0.2, -0.15) is 0 Å². The smallest absolute Gasteiger partial charge is 0.339 e. The molecule has 0 aromatic carbocycles. The van der Waals surface area contributed by atoms with Gasteiger partial charge in [0, 0.05) is 46.2 Å². The first-order chi connectivity index (χ1) is 24.3. The number of aliphatic hydroxyl groups excluding tert-OH is 1. The Morgan fingerprint density at radius 3 is 1.71 bits per heavy atom. The number of nitrogens with zero attached hydrogens (tertiary/aromatic N) is 4. The van der Waals surface area contributed by atoms with Gasteiger partial charge in [0.2, 0.25) is 0 Å². The zero-order valence-electron chi connectivity index (χ0n) is 29.2. The number of aryl methyl sites for hydroxylation is 4. The lowest BCUT2D eigenvalue weighted by Gasteiger charge is -2.11. The fraction of sp³-hybridized carbons (Fsp3) is 0.179. The minimum Gasteiger partial charge on any atom is -0.478 e. The average Bonchev–Trinajstić information content (AvgIpc) is 3.78. The van der Waals surface area contributed by atoms with Gasteiger partial charge in [0.05, 0.1) is 36.6 Å². The summed E-state index contributed by atoms with van der Waals surface area (Å²) in [5.41, 5.74) is 7.47. The summed E-state index contributed by atoms with van der Waals surface area (Å²) >= 11 is 0. The molecule has 51 heavy (non-hydrogen) atoms. The average molecular weight is 693 g/mol. The Hall–Kier alpha value is -6.40. The number of carboxylic acids is 1. The number of carboxylic acid groups (broad SMARTS) is 1. The maximum atomic E-state index is 11.3. The van der Waals surface area contributed by atoms with E-state index in [4.69, 9.17) is 5.11 Å². The molecule has 2 N–H and O–H groups in total. The normalized spacial score (nSPS) is 10.6. The molecule has 0 saturated heterocycles. The van der Waals surface area contributed by atoms with Crippen molar-refractivity contribution in [2.24, 2.45) is 0 Å². The zero-order chi connectivity index (χ0) is 37.7. The third-order valence-corrected chi connectivity index (χ3v) is 7.33. The number of rotatable bonds is 6. The summed E-state index contributed by atoms with van der Waals surface area (Å²) in [6.45, 7) is 11.1. The van der Waals surface area contributed by atoms with E-state index in [0.717, 1.165) is 40.1 Å². The lowest BCUT2D eigenvalue weighted by atomic mass is 10.1. The Bertz CT molecular complexity index is 2170. The monoisotopic (exact) mass is 692 g/mol. The van der Waals surface area contributed by atoms with Crippen molar-refractivity contribution in [2.75, 3.05) is 14.2 Å². The van der Waals surface area contributed by atoms with Crippen molar-refractivity contribution in [1.82, 2.24) is 18.8 Å². The van der Waals surface area contributed by atoms with Crippen molar-refractivity contribution in [3.8, 4) is 0 Å². The molecule has 0 aliphatic rings. The summed E-state index contributed by atoms with van der Waals surface area (Å²) in [4.78, 5) is 51.1. The van der Waals surface area contributed by atoms with Crippen LogP contribution in [0.3, 0.4) is 0 Å².